The molecule has 2 atom stereocenters. The number of nitrogens with one attached hydrogen (secondary N) is 1. The Kier molecular flexibility index (Phi) is 7.97. The fraction of sp³-hybridized carbons (Fsp3) is 0.625. The molecule has 0 radical (unpaired) electrons. The van der Waals surface area contributed by atoms with Crippen molar-refractivity contribution < 1.29 is 9.84 Å². The highest BCUT2D eigenvalue weighted by molar-refractivity contribution is 6.30. The standard InChI is InChI=1S/C16H26ClNO2/c1-4-13(5-2)12(3)18-10-15(19)11-20-16-8-6-14(17)7-9-16/h6-9,12-13,15,18-19H,4-5,10-11H2,1-3H3. The van der Waals surface area contributed by atoms with Gasteiger partial charge in [-0.05, 0) is 37.1 Å². The molecule has 0 bridgehead atoms. The molecule has 0 aliphatic carbocycles. The van der Waals surface area contributed by atoms with Crippen molar-refractivity contribution in [1.29, 1.82) is 0 Å². The lowest BCUT2D eigenvalue weighted by atomic mass is 9.95. The molecule has 0 heterocycles. The maximum Gasteiger partial charge on any atom is 0.119 e. The van der Waals surface area contributed by atoms with Crippen LogP contribution in [0.25, 0.3) is 0 Å². The second kappa shape index (κ2) is 9.22. The van der Waals surface area contributed by atoms with Gasteiger partial charge in [-0.2, -0.15) is 0 Å². The molecule has 2 N–H and O–H groups in total. The van der Waals surface area contributed by atoms with Crippen LogP contribution in [-0.4, -0.2) is 30.4 Å². The van der Waals surface area contributed by atoms with Crippen LogP contribution in [0.3, 0.4) is 0 Å². The Morgan fingerprint density at radius 2 is 1.80 bits per heavy atom. The molecule has 3 nitrogen and oxygen atoms in total. The molecule has 4 heteroatoms. The Morgan fingerprint density at radius 1 is 1.20 bits per heavy atom. The van der Waals surface area contributed by atoms with Gasteiger partial charge in [0.05, 0.1) is 0 Å². The summed E-state index contributed by atoms with van der Waals surface area (Å²) in [6, 6.07) is 7.56. The smallest absolute Gasteiger partial charge is 0.119 e. The molecule has 0 fully saturated rings. The van der Waals surface area contributed by atoms with Gasteiger partial charge in [-0.15, -0.1) is 0 Å². The van der Waals surface area contributed by atoms with E-state index < -0.39 is 6.10 Å². The lowest BCUT2D eigenvalue weighted by molar-refractivity contribution is 0.101. The van der Waals surface area contributed by atoms with Gasteiger partial charge in [-0.1, -0.05) is 38.3 Å². The first-order chi connectivity index (χ1) is 9.56. The first-order valence-corrected chi connectivity index (χ1v) is 7.74. The summed E-state index contributed by atoms with van der Waals surface area (Å²) in [5.74, 6) is 1.38. The summed E-state index contributed by atoms with van der Waals surface area (Å²) in [6.45, 7) is 7.40. The normalized spacial score (nSPS) is 14.3. The number of aliphatic hydroxyl groups is 1. The van der Waals surface area contributed by atoms with E-state index in [0.29, 0.717) is 23.5 Å². The molecule has 0 aliphatic rings. The van der Waals surface area contributed by atoms with Gasteiger partial charge in [0, 0.05) is 17.6 Å². The zero-order chi connectivity index (χ0) is 15.0. The van der Waals surface area contributed by atoms with Crippen LogP contribution in [0.15, 0.2) is 24.3 Å². The predicted octanol–water partition coefficient (Wildman–Crippen LogP) is 3.49. The van der Waals surface area contributed by atoms with Crippen LogP contribution in [0.4, 0.5) is 0 Å². The molecule has 0 aromatic heterocycles. The van der Waals surface area contributed by atoms with Crippen LogP contribution >= 0.6 is 11.6 Å². The van der Waals surface area contributed by atoms with Crippen molar-refractivity contribution in [2.75, 3.05) is 13.2 Å². The second-order valence-electron chi connectivity index (χ2n) is 5.19. The molecular weight excluding hydrogens is 274 g/mol. The van der Waals surface area contributed by atoms with Gasteiger partial charge < -0.3 is 15.2 Å². The largest absolute Gasteiger partial charge is 0.491 e. The monoisotopic (exact) mass is 299 g/mol. The highest BCUT2D eigenvalue weighted by Gasteiger charge is 2.14. The lowest BCUT2D eigenvalue weighted by Gasteiger charge is -2.24. The summed E-state index contributed by atoms with van der Waals surface area (Å²) >= 11 is 5.80. The second-order valence-corrected chi connectivity index (χ2v) is 5.63. The summed E-state index contributed by atoms with van der Waals surface area (Å²) < 4.78 is 5.52. The fourth-order valence-corrected chi connectivity index (χ4v) is 2.39. The van der Waals surface area contributed by atoms with Crippen LogP contribution in [0, 0.1) is 5.92 Å². The van der Waals surface area contributed by atoms with E-state index in [1.165, 1.54) is 0 Å². The number of rotatable bonds is 9. The highest BCUT2D eigenvalue weighted by Crippen LogP contribution is 2.16. The molecule has 0 spiro atoms. The van der Waals surface area contributed by atoms with Crippen LogP contribution in [0.1, 0.15) is 33.6 Å². The Hall–Kier alpha value is -0.770. The molecule has 0 saturated heterocycles. The number of benzene rings is 1. The van der Waals surface area contributed by atoms with Gasteiger partial charge in [-0.25, -0.2) is 0 Å². The van der Waals surface area contributed by atoms with E-state index in [9.17, 15) is 5.11 Å². The topological polar surface area (TPSA) is 41.5 Å². The number of ether oxygens (including phenoxy) is 1. The van der Waals surface area contributed by atoms with Crippen molar-refractivity contribution in [3.63, 3.8) is 0 Å². The van der Waals surface area contributed by atoms with Crippen LogP contribution < -0.4 is 10.1 Å². The number of hydrogen-bond acceptors (Lipinski definition) is 3. The van der Waals surface area contributed by atoms with Gasteiger partial charge in [0.25, 0.3) is 0 Å². The van der Waals surface area contributed by atoms with Gasteiger partial charge in [0.1, 0.15) is 18.5 Å². The molecule has 2 unspecified atom stereocenters. The predicted molar refractivity (Wildman–Crippen MR) is 84.5 cm³/mol. The Bertz CT molecular complexity index is 365. The third-order valence-electron chi connectivity index (χ3n) is 3.69. The first kappa shape index (κ1) is 17.3. The zero-order valence-corrected chi connectivity index (χ0v) is 13.4. The molecule has 1 rings (SSSR count). The molecule has 1 aromatic carbocycles. The Morgan fingerprint density at radius 3 is 2.35 bits per heavy atom. The third kappa shape index (κ3) is 6.12. The van der Waals surface area contributed by atoms with Crippen LogP contribution in [0.2, 0.25) is 5.02 Å². The minimum Gasteiger partial charge on any atom is -0.491 e. The lowest BCUT2D eigenvalue weighted by Crippen LogP contribution is -2.40. The summed E-state index contributed by atoms with van der Waals surface area (Å²) in [4.78, 5) is 0. The molecule has 1 aromatic rings. The van der Waals surface area contributed by atoms with E-state index in [0.717, 1.165) is 18.6 Å². The quantitative estimate of drug-likeness (QED) is 0.733. The maximum atomic E-state index is 9.93. The van der Waals surface area contributed by atoms with Gasteiger partial charge in [-0.3, -0.25) is 0 Å². The number of aliphatic hydroxyl groups excluding tert-OH is 1. The van der Waals surface area contributed by atoms with Crippen molar-refractivity contribution in [2.24, 2.45) is 5.92 Å². The first-order valence-electron chi connectivity index (χ1n) is 7.36. The summed E-state index contributed by atoms with van der Waals surface area (Å²) in [6.07, 6.45) is 1.80. The van der Waals surface area contributed by atoms with Gasteiger partial charge in [0.15, 0.2) is 0 Å². The number of halogens is 1. The van der Waals surface area contributed by atoms with Crippen molar-refractivity contribution in [3.05, 3.63) is 29.3 Å². The van der Waals surface area contributed by atoms with Crippen LogP contribution in [0.5, 0.6) is 5.75 Å². The number of hydrogen-bond donors (Lipinski definition) is 2. The Balaban J connectivity index is 2.26. The summed E-state index contributed by atoms with van der Waals surface area (Å²) in [5.41, 5.74) is 0. The third-order valence-corrected chi connectivity index (χ3v) is 3.94. The van der Waals surface area contributed by atoms with Crippen molar-refractivity contribution in [1.82, 2.24) is 5.32 Å². The molecule has 114 valence electrons. The zero-order valence-electron chi connectivity index (χ0n) is 12.6. The van der Waals surface area contributed by atoms with Crippen molar-refractivity contribution >= 4 is 11.6 Å². The van der Waals surface area contributed by atoms with E-state index in [4.69, 9.17) is 16.3 Å². The minimum absolute atomic E-state index is 0.282. The van der Waals surface area contributed by atoms with Crippen molar-refractivity contribution in [2.45, 2.75) is 45.8 Å². The maximum absolute atomic E-state index is 9.93. The summed E-state index contributed by atoms with van der Waals surface area (Å²) in [7, 11) is 0. The van der Waals surface area contributed by atoms with Crippen LogP contribution in [-0.2, 0) is 0 Å². The molecular formula is C16H26ClNO2. The minimum atomic E-state index is -0.512. The van der Waals surface area contributed by atoms with E-state index in [2.05, 4.69) is 26.1 Å². The molecule has 20 heavy (non-hydrogen) atoms. The average molecular weight is 300 g/mol. The van der Waals surface area contributed by atoms with E-state index in [1.807, 2.05) is 0 Å². The van der Waals surface area contributed by atoms with Gasteiger partial charge in [0.2, 0.25) is 0 Å². The van der Waals surface area contributed by atoms with Gasteiger partial charge >= 0.3 is 0 Å². The van der Waals surface area contributed by atoms with E-state index in [-0.39, 0.29) is 6.61 Å². The van der Waals surface area contributed by atoms with E-state index >= 15 is 0 Å². The SMILES string of the molecule is CCC(CC)C(C)NCC(O)COc1ccc(Cl)cc1. The van der Waals surface area contributed by atoms with E-state index in [1.54, 1.807) is 24.3 Å². The average Bonchev–Trinajstić information content (AvgIpc) is 2.45. The summed E-state index contributed by atoms with van der Waals surface area (Å²) in [5, 5.41) is 14.0. The fourth-order valence-electron chi connectivity index (χ4n) is 2.27. The Labute approximate surface area is 127 Å². The molecule has 0 aliphatic heterocycles. The van der Waals surface area contributed by atoms with Crippen molar-refractivity contribution in [3.8, 4) is 5.75 Å². The molecule has 0 amide bonds. The highest BCUT2D eigenvalue weighted by atomic mass is 35.5. The molecule has 0 saturated carbocycles.